The van der Waals surface area contributed by atoms with Crippen molar-refractivity contribution < 1.29 is 28.2 Å². The number of amides is 1. The number of furan rings is 1. The molecule has 1 atom stereocenters. The molecule has 7 heteroatoms. The van der Waals surface area contributed by atoms with Gasteiger partial charge >= 0.3 is 0 Å². The third kappa shape index (κ3) is 4.99. The van der Waals surface area contributed by atoms with E-state index >= 15 is 0 Å². The van der Waals surface area contributed by atoms with E-state index in [0.29, 0.717) is 24.6 Å². The molecule has 2 N–H and O–H groups in total. The van der Waals surface area contributed by atoms with Crippen molar-refractivity contribution in [1.29, 1.82) is 0 Å². The van der Waals surface area contributed by atoms with Crippen molar-refractivity contribution in [3.63, 3.8) is 0 Å². The fraction of sp³-hybridized carbons (Fsp3) is 0.300. The number of phenolic OH excluding ortho intramolecular Hbond substituents is 1. The van der Waals surface area contributed by atoms with E-state index in [2.05, 4.69) is 5.32 Å². The van der Waals surface area contributed by atoms with Crippen LogP contribution in [0.15, 0.2) is 58.7 Å². The number of aromatic hydroxyl groups is 1. The number of hydrogen-bond acceptors (Lipinski definition) is 5. The number of carbonyl (C=O) groups excluding carboxylic acids is 1. The maximum absolute atomic E-state index is 14.5. The number of ether oxygens (including phenoxy) is 2. The summed E-state index contributed by atoms with van der Waals surface area (Å²) in [5.74, 6) is 0.794. The Kier molecular flexibility index (Phi) is 6.78. The second-order valence-electron chi connectivity index (χ2n) is 9.59. The van der Waals surface area contributed by atoms with Crippen LogP contribution in [-0.4, -0.2) is 25.2 Å². The summed E-state index contributed by atoms with van der Waals surface area (Å²) < 4.78 is 30.5. The van der Waals surface area contributed by atoms with Gasteiger partial charge in [-0.05, 0) is 95.1 Å². The molecular formula is C30H30FNO5. The van der Waals surface area contributed by atoms with Gasteiger partial charge in [-0.1, -0.05) is 18.9 Å². The summed E-state index contributed by atoms with van der Waals surface area (Å²) in [4.78, 5) is 13.5. The number of benzene rings is 2. The predicted octanol–water partition coefficient (Wildman–Crippen LogP) is 6.20. The van der Waals surface area contributed by atoms with Crippen LogP contribution in [0.3, 0.4) is 0 Å². The standard InChI is InChI=1S/C30H30FNO5/c1-17-23(12-19-13-26(35-2)29(33)27(14-19)36-3)22-9-8-20(31)15-24(22)28(17)25(11-18-6-7-18)30(34)32-16-21-5-4-10-37-21/h4-5,8-10,12-15,18,25,33H,6-7,11,16H2,1-3H3,(H,32,34)/b23-12-. The maximum Gasteiger partial charge on any atom is 0.227 e. The Morgan fingerprint density at radius 3 is 2.51 bits per heavy atom. The van der Waals surface area contributed by atoms with Gasteiger partial charge in [0.2, 0.25) is 11.7 Å². The van der Waals surface area contributed by atoms with Crippen molar-refractivity contribution in [3.05, 3.63) is 82.6 Å². The minimum Gasteiger partial charge on any atom is -0.502 e. The van der Waals surface area contributed by atoms with E-state index < -0.39 is 5.92 Å². The van der Waals surface area contributed by atoms with Gasteiger partial charge in [-0.25, -0.2) is 4.39 Å². The molecular weight excluding hydrogens is 473 g/mol. The molecule has 0 spiro atoms. The van der Waals surface area contributed by atoms with Crippen molar-refractivity contribution in [2.75, 3.05) is 14.2 Å². The molecule has 2 aromatic carbocycles. The van der Waals surface area contributed by atoms with Crippen LogP contribution < -0.4 is 14.8 Å². The largest absolute Gasteiger partial charge is 0.502 e. The molecule has 192 valence electrons. The zero-order valence-electron chi connectivity index (χ0n) is 21.1. The first-order valence-corrected chi connectivity index (χ1v) is 12.4. The number of carbonyl (C=O) groups is 1. The van der Waals surface area contributed by atoms with Crippen LogP contribution in [0.4, 0.5) is 4.39 Å². The Labute approximate surface area is 215 Å². The second kappa shape index (κ2) is 10.2. The molecule has 0 radical (unpaired) electrons. The van der Waals surface area contributed by atoms with Gasteiger partial charge in [-0.2, -0.15) is 0 Å². The third-order valence-corrected chi connectivity index (χ3v) is 7.13. The topological polar surface area (TPSA) is 80.9 Å². The third-order valence-electron chi connectivity index (χ3n) is 7.13. The summed E-state index contributed by atoms with van der Waals surface area (Å²) in [6, 6.07) is 11.8. The molecule has 37 heavy (non-hydrogen) atoms. The van der Waals surface area contributed by atoms with E-state index in [1.54, 1.807) is 30.5 Å². The highest BCUT2D eigenvalue weighted by atomic mass is 19.1. The van der Waals surface area contributed by atoms with E-state index in [4.69, 9.17) is 13.9 Å². The van der Waals surface area contributed by atoms with Gasteiger partial charge in [0.05, 0.1) is 32.9 Å². The minimum absolute atomic E-state index is 0.0771. The van der Waals surface area contributed by atoms with Gasteiger partial charge in [-0.15, -0.1) is 0 Å². The average molecular weight is 504 g/mol. The number of phenols is 1. The molecule has 1 fully saturated rings. The highest BCUT2D eigenvalue weighted by molar-refractivity contribution is 6.09. The lowest BCUT2D eigenvalue weighted by molar-refractivity contribution is -0.123. The molecule has 1 aromatic heterocycles. The second-order valence-corrected chi connectivity index (χ2v) is 9.59. The molecule has 5 rings (SSSR count). The molecule has 2 aliphatic rings. The van der Waals surface area contributed by atoms with Crippen LogP contribution in [-0.2, 0) is 11.3 Å². The average Bonchev–Trinajstić information content (AvgIpc) is 3.48. The molecule has 2 aliphatic carbocycles. The van der Waals surface area contributed by atoms with Crippen LogP contribution in [0, 0.1) is 17.7 Å². The van der Waals surface area contributed by atoms with Crippen molar-refractivity contribution in [2.45, 2.75) is 32.7 Å². The highest BCUT2D eigenvalue weighted by Crippen LogP contribution is 2.49. The number of methoxy groups -OCH3 is 2. The number of fused-ring (bicyclic) bond motifs is 1. The molecule has 3 aromatic rings. The van der Waals surface area contributed by atoms with E-state index in [1.165, 1.54) is 26.4 Å². The van der Waals surface area contributed by atoms with Crippen LogP contribution in [0.2, 0.25) is 0 Å². The highest BCUT2D eigenvalue weighted by Gasteiger charge is 2.37. The summed E-state index contributed by atoms with van der Waals surface area (Å²) in [5.41, 5.74) is 5.00. The molecule has 1 unspecified atom stereocenters. The summed E-state index contributed by atoms with van der Waals surface area (Å²) in [5, 5.41) is 13.3. The van der Waals surface area contributed by atoms with Crippen molar-refractivity contribution in [2.24, 2.45) is 11.8 Å². The molecule has 1 heterocycles. The lowest BCUT2D eigenvalue weighted by Gasteiger charge is -2.20. The van der Waals surface area contributed by atoms with Gasteiger partial charge < -0.3 is 24.3 Å². The van der Waals surface area contributed by atoms with Crippen LogP contribution in [0.5, 0.6) is 17.2 Å². The SMILES string of the molecule is COc1cc(/C=C2/C(C)=C(C(CC3CC3)C(=O)NCc3ccco3)c3cc(F)ccc32)cc(OC)c1O. The van der Waals surface area contributed by atoms with Crippen molar-refractivity contribution >= 4 is 23.1 Å². The number of allylic oxidation sites excluding steroid dienone is 2. The first-order valence-electron chi connectivity index (χ1n) is 12.4. The number of hydrogen-bond donors (Lipinski definition) is 2. The Bertz CT molecular complexity index is 1360. The molecule has 1 saturated carbocycles. The smallest absolute Gasteiger partial charge is 0.227 e. The van der Waals surface area contributed by atoms with Crippen LogP contribution >= 0.6 is 0 Å². The number of halogens is 1. The number of nitrogens with one attached hydrogen (secondary N) is 1. The molecule has 6 nitrogen and oxygen atoms in total. The molecule has 0 saturated heterocycles. The fourth-order valence-corrected chi connectivity index (χ4v) is 5.08. The number of rotatable bonds is 9. The minimum atomic E-state index is -0.419. The lowest BCUT2D eigenvalue weighted by atomic mass is 9.87. The lowest BCUT2D eigenvalue weighted by Crippen LogP contribution is -2.31. The first kappa shape index (κ1) is 24.7. The Morgan fingerprint density at radius 2 is 1.89 bits per heavy atom. The zero-order valence-corrected chi connectivity index (χ0v) is 21.1. The van der Waals surface area contributed by atoms with Gasteiger partial charge in [-0.3, -0.25) is 4.79 Å². The molecule has 0 bridgehead atoms. The van der Waals surface area contributed by atoms with Gasteiger partial charge in [0.15, 0.2) is 11.5 Å². The monoisotopic (exact) mass is 503 g/mol. The van der Waals surface area contributed by atoms with Crippen molar-refractivity contribution in [1.82, 2.24) is 5.32 Å². The summed E-state index contributed by atoms with van der Waals surface area (Å²) >= 11 is 0. The Hall–Kier alpha value is -4.00. The molecule has 1 amide bonds. The van der Waals surface area contributed by atoms with Crippen molar-refractivity contribution in [3.8, 4) is 17.2 Å². The Morgan fingerprint density at radius 1 is 1.16 bits per heavy atom. The first-order chi connectivity index (χ1) is 17.9. The fourth-order valence-electron chi connectivity index (χ4n) is 5.08. The van der Waals surface area contributed by atoms with E-state index in [1.807, 2.05) is 19.1 Å². The summed E-state index contributed by atoms with van der Waals surface area (Å²) in [7, 11) is 2.96. The summed E-state index contributed by atoms with van der Waals surface area (Å²) in [6.45, 7) is 2.28. The normalized spacial score (nSPS) is 16.6. The quantitative estimate of drug-likeness (QED) is 0.363. The maximum atomic E-state index is 14.5. The van der Waals surface area contributed by atoms with Crippen LogP contribution in [0.1, 0.15) is 48.6 Å². The van der Waals surface area contributed by atoms with Crippen LogP contribution in [0.25, 0.3) is 17.2 Å². The van der Waals surface area contributed by atoms with E-state index in [-0.39, 0.29) is 29.0 Å². The zero-order chi connectivity index (χ0) is 26.1. The Balaban J connectivity index is 1.58. The van der Waals surface area contributed by atoms with E-state index in [9.17, 15) is 14.3 Å². The molecule has 0 aliphatic heterocycles. The van der Waals surface area contributed by atoms with Gasteiger partial charge in [0.25, 0.3) is 0 Å². The van der Waals surface area contributed by atoms with Gasteiger partial charge in [0, 0.05) is 0 Å². The predicted molar refractivity (Wildman–Crippen MR) is 139 cm³/mol. The van der Waals surface area contributed by atoms with Gasteiger partial charge in [0.1, 0.15) is 11.6 Å². The van der Waals surface area contributed by atoms with E-state index in [0.717, 1.165) is 46.3 Å². The summed E-state index contributed by atoms with van der Waals surface area (Å²) in [6.07, 6.45) is 6.44.